The van der Waals surface area contributed by atoms with E-state index in [2.05, 4.69) is 20.5 Å². The van der Waals surface area contributed by atoms with Gasteiger partial charge in [-0.15, -0.1) is 5.10 Å². The van der Waals surface area contributed by atoms with Gasteiger partial charge in [0.15, 0.2) is 5.82 Å². The van der Waals surface area contributed by atoms with E-state index in [1.807, 2.05) is 0 Å². The van der Waals surface area contributed by atoms with Crippen molar-refractivity contribution in [2.75, 3.05) is 19.5 Å². The predicted molar refractivity (Wildman–Crippen MR) is 89.3 cm³/mol. The molecular formula is C17H15FN4O3. The van der Waals surface area contributed by atoms with Gasteiger partial charge >= 0.3 is 0 Å². The van der Waals surface area contributed by atoms with Crippen LogP contribution in [0.1, 0.15) is 10.4 Å². The highest BCUT2D eigenvalue weighted by molar-refractivity contribution is 6.03. The number of amides is 1. The molecule has 0 aliphatic heterocycles. The Morgan fingerprint density at radius 1 is 1.16 bits per heavy atom. The van der Waals surface area contributed by atoms with Crippen LogP contribution in [0.25, 0.3) is 11.4 Å². The summed E-state index contributed by atoms with van der Waals surface area (Å²) < 4.78 is 23.7. The summed E-state index contributed by atoms with van der Waals surface area (Å²) in [7, 11) is 3.09. The van der Waals surface area contributed by atoms with Crippen LogP contribution in [-0.2, 0) is 0 Å². The Bertz CT molecular complexity index is 910. The first-order chi connectivity index (χ1) is 12.1. The number of carbonyl (C=O) groups excluding carboxylic acids is 1. The lowest BCUT2D eigenvalue weighted by Gasteiger charge is -2.07. The van der Waals surface area contributed by atoms with Crippen molar-refractivity contribution in [1.29, 1.82) is 0 Å². The molecule has 25 heavy (non-hydrogen) atoms. The molecule has 2 N–H and O–H groups in total. The quantitative estimate of drug-likeness (QED) is 0.744. The van der Waals surface area contributed by atoms with Crippen molar-refractivity contribution < 1.29 is 18.7 Å². The molecule has 0 spiro atoms. The van der Waals surface area contributed by atoms with E-state index < -0.39 is 11.7 Å². The molecule has 0 aliphatic rings. The highest BCUT2D eigenvalue weighted by Crippen LogP contribution is 2.31. The second kappa shape index (κ2) is 7.00. The molecule has 0 radical (unpaired) electrons. The van der Waals surface area contributed by atoms with Crippen molar-refractivity contribution in [2.24, 2.45) is 0 Å². The van der Waals surface area contributed by atoms with E-state index in [0.717, 1.165) is 6.07 Å². The van der Waals surface area contributed by atoms with Crippen molar-refractivity contribution in [1.82, 2.24) is 15.2 Å². The van der Waals surface area contributed by atoms with E-state index in [0.29, 0.717) is 22.9 Å². The minimum absolute atomic E-state index is 0.0714. The van der Waals surface area contributed by atoms with Gasteiger partial charge in [0, 0.05) is 11.6 Å². The fourth-order valence-electron chi connectivity index (χ4n) is 2.24. The number of H-pyrrole nitrogens is 1. The van der Waals surface area contributed by atoms with Gasteiger partial charge < -0.3 is 9.47 Å². The number of hydrogen-bond acceptors (Lipinski definition) is 5. The van der Waals surface area contributed by atoms with E-state index >= 15 is 0 Å². The molecule has 0 saturated carbocycles. The zero-order valence-corrected chi connectivity index (χ0v) is 13.5. The fraction of sp³-hybridized carbons (Fsp3) is 0.118. The molecule has 0 aliphatic carbocycles. The van der Waals surface area contributed by atoms with E-state index in [1.54, 1.807) is 25.3 Å². The smallest absolute Gasteiger partial charge is 0.258 e. The summed E-state index contributed by atoms with van der Waals surface area (Å²) in [5, 5.41) is 9.19. The Hall–Kier alpha value is -3.42. The number of nitrogens with zero attached hydrogens (tertiary/aromatic N) is 2. The monoisotopic (exact) mass is 342 g/mol. The summed E-state index contributed by atoms with van der Waals surface area (Å²) in [4.78, 5) is 16.3. The maximum absolute atomic E-state index is 13.2. The molecule has 7 nitrogen and oxygen atoms in total. The zero-order chi connectivity index (χ0) is 17.8. The summed E-state index contributed by atoms with van der Waals surface area (Å²) in [6.07, 6.45) is 0. The summed E-state index contributed by atoms with van der Waals surface area (Å²) in [5.74, 6) is 0.660. The Morgan fingerprint density at radius 3 is 2.72 bits per heavy atom. The van der Waals surface area contributed by atoms with Gasteiger partial charge in [-0.25, -0.2) is 4.39 Å². The lowest BCUT2D eigenvalue weighted by Crippen LogP contribution is -2.13. The highest BCUT2D eigenvalue weighted by Gasteiger charge is 2.14. The molecule has 0 bridgehead atoms. The lowest BCUT2D eigenvalue weighted by molar-refractivity contribution is 0.102. The number of aromatic nitrogens is 3. The average Bonchev–Trinajstić information content (AvgIpc) is 3.09. The maximum atomic E-state index is 13.2. The first-order valence-corrected chi connectivity index (χ1v) is 7.32. The fourth-order valence-corrected chi connectivity index (χ4v) is 2.24. The number of nitrogens with one attached hydrogen (secondary N) is 2. The SMILES string of the molecule is COc1ccc(-c2nc(NC(=O)c3cccc(F)c3)n[nH]2)c(OC)c1. The number of carbonyl (C=O) groups is 1. The number of methoxy groups -OCH3 is 2. The first-order valence-electron chi connectivity index (χ1n) is 7.32. The van der Waals surface area contributed by atoms with E-state index in [-0.39, 0.29) is 11.5 Å². The number of halogens is 1. The number of ether oxygens (including phenoxy) is 2. The third kappa shape index (κ3) is 3.57. The summed E-state index contributed by atoms with van der Waals surface area (Å²) in [5.41, 5.74) is 0.829. The first kappa shape index (κ1) is 16.4. The van der Waals surface area contributed by atoms with Crippen molar-refractivity contribution >= 4 is 11.9 Å². The number of aromatic amines is 1. The van der Waals surface area contributed by atoms with E-state index in [9.17, 15) is 9.18 Å². The van der Waals surface area contributed by atoms with Gasteiger partial charge in [0.2, 0.25) is 5.95 Å². The number of rotatable bonds is 5. The van der Waals surface area contributed by atoms with Gasteiger partial charge in [-0.05, 0) is 30.3 Å². The lowest BCUT2D eigenvalue weighted by atomic mass is 10.2. The molecule has 1 amide bonds. The third-order valence-corrected chi connectivity index (χ3v) is 3.46. The van der Waals surface area contributed by atoms with Gasteiger partial charge in [-0.1, -0.05) is 6.07 Å². The third-order valence-electron chi connectivity index (χ3n) is 3.46. The van der Waals surface area contributed by atoms with Crippen molar-refractivity contribution in [2.45, 2.75) is 0 Å². The van der Waals surface area contributed by atoms with Crippen LogP contribution >= 0.6 is 0 Å². The van der Waals surface area contributed by atoms with Crippen LogP contribution in [0.5, 0.6) is 11.5 Å². The zero-order valence-electron chi connectivity index (χ0n) is 13.5. The molecule has 8 heteroatoms. The standard InChI is InChI=1S/C17H15FN4O3/c1-24-12-6-7-13(14(9-12)25-2)15-19-17(22-21-15)20-16(23)10-4-3-5-11(18)8-10/h3-9H,1-2H3,(H2,19,20,21,22,23). The molecule has 2 aromatic carbocycles. The van der Waals surface area contributed by atoms with Crippen molar-refractivity contribution in [3.63, 3.8) is 0 Å². The Balaban J connectivity index is 1.82. The Labute approximate surface area is 142 Å². The van der Waals surface area contributed by atoms with Gasteiger partial charge in [-0.2, -0.15) is 4.98 Å². The number of anilines is 1. The summed E-state index contributed by atoms with van der Waals surface area (Å²) in [6.45, 7) is 0. The molecule has 0 saturated heterocycles. The highest BCUT2D eigenvalue weighted by atomic mass is 19.1. The van der Waals surface area contributed by atoms with Crippen LogP contribution in [0.4, 0.5) is 10.3 Å². The van der Waals surface area contributed by atoms with Crippen LogP contribution in [0.3, 0.4) is 0 Å². The van der Waals surface area contributed by atoms with E-state index in [1.165, 1.54) is 25.3 Å². The summed E-state index contributed by atoms with van der Waals surface area (Å²) in [6, 6.07) is 10.6. The molecule has 0 unspecified atom stereocenters. The van der Waals surface area contributed by atoms with Crippen LogP contribution in [0.15, 0.2) is 42.5 Å². The average molecular weight is 342 g/mol. The van der Waals surface area contributed by atoms with Crippen LogP contribution in [-0.4, -0.2) is 35.3 Å². The summed E-state index contributed by atoms with van der Waals surface area (Å²) >= 11 is 0. The van der Waals surface area contributed by atoms with Crippen LogP contribution in [0.2, 0.25) is 0 Å². The second-order valence-corrected chi connectivity index (χ2v) is 5.04. The second-order valence-electron chi connectivity index (χ2n) is 5.04. The molecule has 128 valence electrons. The Morgan fingerprint density at radius 2 is 2.00 bits per heavy atom. The van der Waals surface area contributed by atoms with Crippen LogP contribution < -0.4 is 14.8 Å². The minimum atomic E-state index is -0.508. The molecule has 1 heterocycles. The van der Waals surface area contributed by atoms with Crippen molar-refractivity contribution in [3.8, 4) is 22.9 Å². The van der Waals surface area contributed by atoms with Gasteiger partial charge in [0.1, 0.15) is 17.3 Å². The molecular weight excluding hydrogens is 327 g/mol. The van der Waals surface area contributed by atoms with Gasteiger partial charge in [-0.3, -0.25) is 15.2 Å². The normalized spacial score (nSPS) is 10.4. The van der Waals surface area contributed by atoms with Crippen LogP contribution in [0, 0.1) is 5.82 Å². The number of hydrogen-bond donors (Lipinski definition) is 2. The van der Waals surface area contributed by atoms with Gasteiger partial charge in [0.25, 0.3) is 5.91 Å². The largest absolute Gasteiger partial charge is 0.497 e. The maximum Gasteiger partial charge on any atom is 0.258 e. The molecule has 0 fully saturated rings. The van der Waals surface area contributed by atoms with E-state index in [4.69, 9.17) is 9.47 Å². The Kier molecular flexibility index (Phi) is 4.60. The predicted octanol–water partition coefficient (Wildman–Crippen LogP) is 2.88. The van der Waals surface area contributed by atoms with Gasteiger partial charge in [0.05, 0.1) is 19.8 Å². The topological polar surface area (TPSA) is 89.1 Å². The molecule has 0 atom stereocenters. The number of benzene rings is 2. The molecule has 3 aromatic rings. The molecule has 1 aromatic heterocycles. The van der Waals surface area contributed by atoms with Crippen molar-refractivity contribution in [3.05, 3.63) is 53.8 Å². The minimum Gasteiger partial charge on any atom is -0.497 e. The molecule has 3 rings (SSSR count).